The number of ether oxygens (including phenoxy) is 2. The third-order valence-electron chi connectivity index (χ3n) is 5.37. The van der Waals surface area contributed by atoms with Crippen molar-refractivity contribution in [3.05, 3.63) is 82.4 Å². The van der Waals surface area contributed by atoms with Crippen molar-refractivity contribution < 1.29 is 14.3 Å². The molecule has 2 N–H and O–H groups in total. The van der Waals surface area contributed by atoms with E-state index in [0.717, 1.165) is 23.4 Å². The van der Waals surface area contributed by atoms with Gasteiger partial charge in [-0.05, 0) is 62.1 Å². The molecule has 6 nitrogen and oxygen atoms in total. The molecule has 7 heteroatoms. The summed E-state index contributed by atoms with van der Waals surface area (Å²) in [5.41, 5.74) is 5.52. The van der Waals surface area contributed by atoms with Gasteiger partial charge in [-0.15, -0.1) is 0 Å². The fourth-order valence-corrected chi connectivity index (χ4v) is 4.04. The van der Waals surface area contributed by atoms with E-state index in [9.17, 15) is 4.79 Å². The minimum atomic E-state index is -0.200. The van der Waals surface area contributed by atoms with Crippen LogP contribution in [0.3, 0.4) is 0 Å². The summed E-state index contributed by atoms with van der Waals surface area (Å²) < 4.78 is 10.9. The monoisotopic (exact) mass is 463 g/mol. The summed E-state index contributed by atoms with van der Waals surface area (Å²) >= 11 is 6.15. The van der Waals surface area contributed by atoms with Gasteiger partial charge in [0.1, 0.15) is 0 Å². The van der Waals surface area contributed by atoms with Crippen molar-refractivity contribution in [1.82, 2.24) is 4.90 Å². The summed E-state index contributed by atoms with van der Waals surface area (Å²) in [4.78, 5) is 15.2. The Hall–Kier alpha value is -3.48. The van der Waals surface area contributed by atoms with Crippen molar-refractivity contribution in [2.75, 3.05) is 38.9 Å². The molecule has 0 radical (unpaired) electrons. The van der Waals surface area contributed by atoms with Gasteiger partial charge in [0, 0.05) is 28.4 Å². The van der Waals surface area contributed by atoms with Gasteiger partial charge in [0.2, 0.25) is 0 Å². The molecule has 3 aromatic rings. The molecule has 0 atom stereocenters. The molecule has 1 aliphatic heterocycles. The maximum atomic E-state index is 13.1. The Morgan fingerprint density at radius 1 is 0.970 bits per heavy atom. The average molecular weight is 464 g/mol. The van der Waals surface area contributed by atoms with Crippen molar-refractivity contribution in [3.63, 3.8) is 0 Å². The van der Waals surface area contributed by atoms with Gasteiger partial charge < -0.3 is 25.0 Å². The minimum Gasteiger partial charge on any atom is -0.493 e. The lowest BCUT2D eigenvalue weighted by Gasteiger charge is -2.17. The fraction of sp³-hybridized carbons (Fsp3) is 0.192. The normalized spacial score (nSPS) is 14.1. The lowest BCUT2D eigenvalue weighted by Crippen LogP contribution is -2.11. The van der Waals surface area contributed by atoms with Crippen LogP contribution in [0.5, 0.6) is 11.5 Å². The van der Waals surface area contributed by atoms with Crippen LogP contribution in [0.1, 0.15) is 16.7 Å². The van der Waals surface area contributed by atoms with E-state index in [1.807, 2.05) is 50.5 Å². The van der Waals surface area contributed by atoms with Gasteiger partial charge in [0.15, 0.2) is 11.5 Å². The first-order valence-electron chi connectivity index (χ1n) is 10.5. The number of benzene rings is 3. The van der Waals surface area contributed by atoms with E-state index in [-0.39, 0.29) is 5.91 Å². The maximum absolute atomic E-state index is 13.1. The molecule has 33 heavy (non-hydrogen) atoms. The molecule has 3 aromatic carbocycles. The first kappa shape index (κ1) is 22.7. The quantitative estimate of drug-likeness (QED) is 0.462. The average Bonchev–Trinajstić information content (AvgIpc) is 3.12. The van der Waals surface area contributed by atoms with E-state index < -0.39 is 0 Å². The molecule has 0 unspecified atom stereocenters. The van der Waals surface area contributed by atoms with Crippen LogP contribution in [0.25, 0.3) is 11.3 Å². The number of carbonyl (C=O) groups is 1. The molecule has 0 fully saturated rings. The molecule has 0 aliphatic carbocycles. The summed E-state index contributed by atoms with van der Waals surface area (Å²) in [7, 11) is 7.25. The van der Waals surface area contributed by atoms with Crippen LogP contribution >= 0.6 is 11.6 Å². The number of hydrogen-bond donors (Lipinski definition) is 2. The molecule has 1 heterocycles. The Labute approximate surface area is 198 Å². The number of nitrogens with zero attached hydrogens (tertiary/aromatic N) is 1. The predicted molar refractivity (Wildman–Crippen MR) is 134 cm³/mol. The highest BCUT2D eigenvalue weighted by Crippen LogP contribution is 2.40. The predicted octanol–water partition coefficient (Wildman–Crippen LogP) is 5.35. The van der Waals surface area contributed by atoms with Crippen molar-refractivity contribution in [2.24, 2.45) is 0 Å². The fourth-order valence-electron chi connectivity index (χ4n) is 3.87. The zero-order chi connectivity index (χ0) is 23.5. The molecular formula is C26H26ClN3O3. The highest BCUT2D eigenvalue weighted by atomic mass is 35.5. The number of anilines is 2. The number of carbonyl (C=O) groups excluding carboxylic acids is 1. The Morgan fingerprint density at radius 3 is 2.36 bits per heavy atom. The number of amides is 1. The van der Waals surface area contributed by atoms with Crippen LogP contribution < -0.4 is 20.1 Å². The third-order valence-corrected chi connectivity index (χ3v) is 5.61. The highest BCUT2D eigenvalue weighted by Gasteiger charge is 2.29. The molecular weight excluding hydrogens is 438 g/mol. The van der Waals surface area contributed by atoms with Crippen molar-refractivity contribution in [1.29, 1.82) is 0 Å². The third kappa shape index (κ3) is 4.82. The van der Waals surface area contributed by atoms with Gasteiger partial charge in [0.25, 0.3) is 5.91 Å². The minimum absolute atomic E-state index is 0.200. The van der Waals surface area contributed by atoms with E-state index in [1.165, 1.54) is 5.56 Å². The lowest BCUT2D eigenvalue weighted by molar-refractivity contribution is -0.110. The summed E-state index contributed by atoms with van der Waals surface area (Å²) in [5.74, 6) is 0.987. The van der Waals surface area contributed by atoms with E-state index in [2.05, 4.69) is 27.7 Å². The topological polar surface area (TPSA) is 62.8 Å². The molecule has 0 aromatic heterocycles. The molecule has 1 aliphatic rings. The second-order valence-electron chi connectivity index (χ2n) is 8.02. The van der Waals surface area contributed by atoms with Crippen LogP contribution in [0.15, 0.2) is 60.7 Å². The molecule has 1 amide bonds. The molecule has 0 saturated heterocycles. The molecule has 0 saturated carbocycles. The molecule has 0 spiro atoms. The number of halogens is 1. The summed E-state index contributed by atoms with van der Waals surface area (Å²) in [6.45, 7) is 0.848. The Bertz CT molecular complexity index is 1220. The van der Waals surface area contributed by atoms with Crippen molar-refractivity contribution in [3.8, 4) is 11.5 Å². The number of methoxy groups -OCH3 is 2. The highest BCUT2D eigenvalue weighted by molar-refractivity contribution is 6.38. The van der Waals surface area contributed by atoms with E-state index in [4.69, 9.17) is 21.1 Å². The first-order chi connectivity index (χ1) is 15.9. The summed E-state index contributed by atoms with van der Waals surface area (Å²) in [6.07, 6.45) is 0. The zero-order valence-electron chi connectivity index (χ0n) is 19.0. The van der Waals surface area contributed by atoms with Gasteiger partial charge in [-0.2, -0.15) is 0 Å². The Kier molecular flexibility index (Phi) is 6.58. The Morgan fingerprint density at radius 2 is 1.70 bits per heavy atom. The van der Waals surface area contributed by atoms with Crippen LogP contribution in [0.2, 0.25) is 5.02 Å². The summed E-state index contributed by atoms with van der Waals surface area (Å²) in [5, 5.41) is 6.95. The number of hydrogen-bond acceptors (Lipinski definition) is 5. The standard InChI is InChI=1S/C26H26ClN3O3/c1-30(2)15-16-5-9-19(10-6-16)28-25(17-7-12-22(32-3)23(13-17)33-4)24-20-11-8-18(27)14-21(20)29-26(24)31/h5-14,28H,15H2,1-4H3,(H,29,31)/b25-24-. The number of nitrogens with one attached hydrogen (secondary N) is 2. The van der Waals surface area contributed by atoms with Gasteiger partial charge in [-0.25, -0.2) is 0 Å². The lowest BCUT2D eigenvalue weighted by atomic mass is 9.99. The SMILES string of the molecule is COc1ccc(/C(Nc2ccc(CN(C)C)cc2)=C2/C(=O)Nc3cc(Cl)ccc32)cc1OC. The second kappa shape index (κ2) is 9.57. The Balaban J connectivity index is 1.84. The van der Waals surface area contributed by atoms with E-state index in [1.54, 1.807) is 26.4 Å². The van der Waals surface area contributed by atoms with Crippen LogP contribution in [-0.2, 0) is 11.3 Å². The summed E-state index contributed by atoms with van der Waals surface area (Å²) in [6, 6.07) is 19.1. The molecule has 4 rings (SSSR count). The van der Waals surface area contributed by atoms with Gasteiger partial charge >= 0.3 is 0 Å². The van der Waals surface area contributed by atoms with Crippen LogP contribution in [0, 0.1) is 0 Å². The maximum Gasteiger partial charge on any atom is 0.258 e. The number of rotatable bonds is 7. The van der Waals surface area contributed by atoms with E-state index >= 15 is 0 Å². The largest absolute Gasteiger partial charge is 0.493 e. The van der Waals surface area contributed by atoms with Gasteiger partial charge in [0.05, 0.1) is 31.2 Å². The zero-order valence-corrected chi connectivity index (χ0v) is 19.8. The van der Waals surface area contributed by atoms with Crippen LogP contribution in [0.4, 0.5) is 11.4 Å². The second-order valence-corrected chi connectivity index (χ2v) is 8.46. The van der Waals surface area contributed by atoms with Gasteiger partial charge in [-0.3, -0.25) is 4.79 Å². The smallest absolute Gasteiger partial charge is 0.258 e. The van der Waals surface area contributed by atoms with E-state index in [0.29, 0.717) is 33.5 Å². The van der Waals surface area contributed by atoms with Crippen LogP contribution in [-0.4, -0.2) is 39.1 Å². The molecule has 170 valence electrons. The van der Waals surface area contributed by atoms with Gasteiger partial charge in [-0.1, -0.05) is 29.8 Å². The molecule has 0 bridgehead atoms. The first-order valence-corrected chi connectivity index (χ1v) is 10.9. The van der Waals surface area contributed by atoms with Crippen molar-refractivity contribution >= 4 is 40.2 Å². The number of fused-ring (bicyclic) bond motifs is 1. The van der Waals surface area contributed by atoms with Crippen molar-refractivity contribution in [2.45, 2.75) is 6.54 Å².